The molecular weight excluding hydrogens is 226 g/mol. The van der Waals surface area contributed by atoms with Gasteiger partial charge in [0.25, 0.3) is 0 Å². The summed E-state index contributed by atoms with van der Waals surface area (Å²) in [7, 11) is 0. The predicted octanol–water partition coefficient (Wildman–Crippen LogP) is 2.16. The third-order valence-corrected chi connectivity index (χ3v) is 3.70. The second-order valence-corrected chi connectivity index (χ2v) is 5.00. The van der Waals surface area contributed by atoms with E-state index in [0.717, 1.165) is 6.42 Å². The van der Waals surface area contributed by atoms with Gasteiger partial charge in [0.05, 0.1) is 6.10 Å². The fourth-order valence-corrected chi connectivity index (χ4v) is 2.53. The third-order valence-electron chi connectivity index (χ3n) is 3.70. The Balaban J connectivity index is 1.96. The van der Waals surface area contributed by atoms with Crippen molar-refractivity contribution in [2.24, 2.45) is 0 Å². The van der Waals surface area contributed by atoms with Gasteiger partial charge in [-0.05, 0) is 24.3 Å². The van der Waals surface area contributed by atoms with E-state index >= 15 is 0 Å². The molecule has 0 aromatic heterocycles. The van der Waals surface area contributed by atoms with E-state index in [0.29, 0.717) is 25.9 Å². The molecule has 1 saturated heterocycles. The second kappa shape index (κ2) is 6.01. The quantitative estimate of drug-likeness (QED) is 0.885. The van der Waals surface area contributed by atoms with Gasteiger partial charge in [0.1, 0.15) is 0 Å². The molecule has 3 heteroatoms. The van der Waals surface area contributed by atoms with Crippen LogP contribution in [0.3, 0.4) is 0 Å². The van der Waals surface area contributed by atoms with Gasteiger partial charge in [-0.2, -0.15) is 0 Å². The molecule has 18 heavy (non-hydrogen) atoms. The summed E-state index contributed by atoms with van der Waals surface area (Å²) in [6, 6.07) is 10.2. The van der Waals surface area contributed by atoms with E-state index in [1.165, 1.54) is 5.56 Å². The zero-order valence-electron chi connectivity index (χ0n) is 10.9. The summed E-state index contributed by atoms with van der Waals surface area (Å²) >= 11 is 0. The van der Waals surface area contributed by atoms with Gasteiger partial charge in [-0.1, -0.05) is 37.3 Å². The van der Waals surface area contributed by atoms with Crippen molar-refractivity contribution in [1.29, 1.82) is 0 Å². The van der Waals surface area contributed by atoms with Gasteiger partial charge in [0.2, 0.25) is 5.91 Å². The van der Waals surface area contributed by atoms with Crippen LogP contribution in [0.15, 0.2) is 30.3 Å². The summed E-state index contributed by atoms with van der Waals surface area (Å²) in [5.74, 6) is 0.457. The molecule has 1 aromatic rings. The van der Waals surface area contributed by atoms with Gasteiger partial charge in [0.15, 0.2) is 0 Å². The van der Waals surface area contributed by atoms with Crippen LogP contribution in [0, 0.1) is 0 Å². The molecule has 3 nitrogen and oxygen atoms in total. The average Bonchev–Trinajstić information content (AvgIpc) is 2.83. The van der Waals surface area contributed by atoms with Crippen molar-refractivity contribution in [3.8, 4) is 0 Å². The van der Waals surface area contributed by atoms with Crippen LogP contribution >= 0.6 is 0 Å². The van der Waals surface area contributed by atoms with E-state index < -0.39 is 0 Å². The summed E-state index contributed by atoms with van der Waals surface area (Å²) in [5.41, 5.74) is 1.23. The number of β-amino-alcohol motifs (C(OH)–C–C–N with tert-alkyl or cyclic N) is 1. The first-order valence-electron chi connectivity index (χ1n) is 6.71. The standard InChI is InChI=1S/C15H21NO2/c1-2-12(13-6-4-3-5-7-13)10-15(18)16-9-8-14(17)11-16/h3-7,12,14,17H,2,8-11H2,1H3/t12?,14-/m1/s1. The van der Waals surface area contributed by atoms with Crippen molar-refractivity contribution in [3.63, 3.8) is 0 Å². The number of amides is 1. The van der Waals surface area contributed by atoms with Crippen LogP contribution in [0.25, 0.3) is 0 Å². The van der Waals surface area contributed by atoms with Gasteiger partial charge in [0, 0.05) is 19.5 Å². The number of rotatable bonds is 4. The molecule has 1 amide bonds. The number of likely N-dealkylation sites (tertiary alicyclic amines) is 1. The Labute approximate surface area is 108 Å². The van der Waals surface area contributed by atoms with Crippen LogP contribution in [0.2, 0.25) is 0 Å². The lowest BCUT2D eigenvalue weighted by Crippen LogP contribution is -2.30. The first-order chi connectivity index (χ1) is 8.70. The molecule has 1 fully saturated rings. The topological polar surface area (TPSA) is 40.5 Å². The van der Waals surface area contributed by atoms with E-state index in [1.54, 1.807) is 4.90 Å². The van der Waals surface area contributed by atoms with Crippen LogP contribution in [0.4, 0.5) is 0 Å². The lowest BCUT2D eigenvalue weighted by molar-refractivity contribution is -0.130. The van der Waals surface area contributed by atoms with Crippen LogP contribution in [0.5, 0.6) is 0 Å². The van der Waals surface area contributed by atoms with Crippen molar-refractivity contribution in [2.45, 2.75) is 38.2 Å². The zero-order chi connectivity index (χ0) is 13.0. The Hall–Kier alpha value is -1.35. The number of nitrogens with zero attached hydrogens (tertiary/aromatic N) is 1. The first-order valence-corrected chi connectivity index (χ1v) is 6.71. The summed E-state index contributed by atoms with van der Waals surface area (Å²) < 4.78 is 0. The first kappa shape index (κ1) is 13.1. The van der Waals surface area contributed by atoms with Crippen LogP contribution < -0.4 is 0 Å². The maximum absolute atomic E-state index is 12.1. The third kappa shape index (κ3) is 3.10. The van der Waals surface area contributed by atoms with Crippen molar-refractivity contribution < 1.29 is 9.90 Å². The number of benzene rings is 1. The van der Waals surface area contributed by atoms with Crippen LogP contribution in [-0.4, -0.2) is 35.1 Å². The minimum Gasteiger partial charge on any atom is -0.391 e. The molecule has 1 aromatic carbocycles. The lowest BCUT2D eigenvalue weighted by Gasteiger charge is -2.20. The van der Waals surface area contributed by atoms with Gasteiger partial charge in [-0.15, -0.1) is 0 Å². The maximum atomic E-state index is 12.1. The van der Waals surface area contributed by atoms with Gasteiger partial charge >= 0.3 is 0 Å². The molecule has 2 rings (SSSR count). The molecule has 1 heterocycles. The fraction of sp³-hybridized carbons (Fsp3) is 0.533. The van der Waals surface area contributed by atoms with E-state index in [1.807, 2.05) is 18.2 Å². The summed E-state index contributed by atoms with van der Waals surface area (Å²) in [6.45, 7) is 3.32. The molecule has 0 radical (unpaired) electrons. The highest BCUT2D eigenvalue weighted by Crippen LogP contribution is 2.24. The Morgan fingerprint density at radius 2 is 2.17 bits per heavy atom. The van der Waals surface area contributed by atoms with Crippen molar-refractivity contribution in [3.05, 3.63) is 35.9 Å². The second-order valence-electron chi connectivity index (χ2n) is 5.00. The number of aliphatic hydroxyl groups excluding tert-OH is 1. The normalized spacial score (nSPS) is 21.0. The highest BCUT2D eigenvalue weighted by Gasteiger charge is 2.26. The molecule has 0 aliphatic carbocycles. The van der Waals surface area contributed by atoms with E-state index in [4.69, 9.17) is 0 Å². The molecule has 0 saturated carbocycles. The van der Waals surface area contributed by atoms with Gasteiger partial charge in [-0.25, -0.2) is 0 Å². The number of hydrogen-bond donors (Lipinski definition) is 1. The molecule has 1 unspecified atom stereocenters. The molecule has 0 spiro atoms. The summed E-state index contributed by atoms with van der Waals surface area (Å²) in [5, 5.41) is 9.46. The highest BCUT2D eigenvalue weighted by atomic mass is 16.3. The van der Waals surface area contributed by atoms with Crippen molar-refractivity contribution in [1.82, 2.24) is 4.90 Å². The minimum atomic E-state index is -0.328. The summed E-state index contributed by atoms with van der Waals surface area (Å²) in [4.78, 5) is 13.9. The maximum Gasteiger partial charge on any atom is 0.223 e. The highest BCUT2D eigenvalue weighted by molar-refractivity contribution is 5.77. The van der Waals surface area contributed by atoms with Crippen LogP contribution in [-0.2, 0) is 4.79 Å². The molecule has 2 atom stereocenters. The molecule has 98 valence electrons. The zero-order valence-corrected chi connectivity index (χ0v) is 10.9. The molecule has 0 bridgehead atoms. The van der Waals surface area contributed by atoms with Crippen molar-refractivity contribution in [2.75, 3.05) is 13.1 Å². The molecule has 1 aliphatic heterocycles. The summed E-state index contributed by atoms with van der Waals surface area (Å²) in [6.07, 6.45) is 1.90. The number of carbonyl (C=O) groups is 1. The smallest absolute Gasteiger partial charge is 0.223 e. The molecular formula is C15H21NO2. The van der Waals surface area contributed by atoms with Crippen LogP contribution in [0.1, 0.15) is 37.7 Å². The number of aliphatic hydroxyl groups is 1. The number of carbonyl (C=O) groups excluding carboxylic acids is 1. The Bertz CT molecular complexity index is 391. The minimum absolute atomic E-state index is 0.169. The van der Waals surface area contributed by atoms with E-state index in [9.17, 15) is 9.90 Å². The monoisotopic (exact) mass is 247 g/mol. The Kier molecular flexibility index (Phi) is 4.37. The lowest BCUT2D eigenvalue weighted by atomic mass is 9.93. The van der Waals surface area contributed by atoms with E-state index in [2.05, 4.69) is 19.1 Å². The Morgan fingerprint density at radius 1 is 1.44 bits per heavy atom. The molecule has 1 N–H and O–H groups in total. The SMILES string of the molecule is CCC(CC(=O)N1CC[C@@H](O)C1)c1ccccc1. The predicted molar refractivity (Wildman–Crippen MR) is 71.3 cm³/mol. The fourth-order valence-electron chi connectivity index (χ4n) is 2.53. The average molecular weight is 247 g/mol. The van der Waals surface area contributed by atoms with Gasteiger partial charge in [-0.3, -0.25) is 4.79 Å². The van der Waals surface area contributed by atoms with E-state index in [-0.39, 0.29) is 17.9 Å². The largest absolute Gasteiger partial charge is 0.391 e. The number of hydrogen-bond acceptors (Lipinski definition) is 2. The van der Waals surface area contributed by atoms with Gasteiger partial charge < -0.3 is 10.0 Å². The Morgan fingerprint density at radius 3 is 2.72 bits per heavy atom. The molecule has 1 aliphatic rings. The van der Waals surface area contributed by atoms with Crippen molar-refractivity contribution >= 4 is 5.91 Å².